The first-order valence-corrected chi connectivity index (χ1v) is 9.22. The number of amides is 2. The third-order valence-corrected chi connectivity index (χ3v) is 5.24. The van der Waals surface area contributed by atoms with Crippen LogP contribution in [0.2, 0.25) is 5.02 Å². The highest BCUT2D eigenvalue weighted by Gasteiger charge is 2.41. The Hall–Kier alpha value is -2.51. The standard InChI is InChI=1S/C19H16ClNO5S/c1-10-4-5-12(20)8-14(10)15-7-6-13(26-15)9-16-17(22)21(19(24)27-16)11(2)18(23)25-3/h4-9,11H,1-3H3/b16-9+. The summed E-state index contributed by atoms with van der Waals surface area (Å²) in [5.74, 6) is -0.195. The molecular formula is C19H16ClNO5S. The summed E-state index contributed by atoms with van der Waals surface area (Å²) in [5.41, 5.74) is 1.84. The fraction of sp³-hybridized carbons (Fsp3) is 0.211. The average Bonchev–Trinajstić information content (AvgIpc) is 3.20. The molecule has 2 heterocycles. The number of imide groups is 1. The molecule has 8 heteroatoms. The molecule has 1 aromatic carbocycles. The van der Waals surface area contributed by atoms with Crippen LogP contribution in [0.1, 0.15) is 18.2 Å². The van der Waals surface area contributed by atoms with Crippen LogP contribution in [-0.4, -0.2) is 35.2 Å². The number of hydrogen-bond acceptors (Lipinski definition) is 6. The Morgan fingerprint density at radius 2 is 2.04 bits per heavy atom. The Bertz CT molecular complexity index is 965. The van der Waals surface area contributed by atoms with Gasteiger partial charge >= 0.3 is 5.97 Å². The normalized spacial score (nSPS) is 16.9. The number of halogens is 1. The molecule has 2 aromatic rings. The molecule has 0 spiro atoms. The third-order valence-electron chi connectivity index (χ3n) is 4.12. The minimum Gasteiger partial charge on any atom is -0.467 e. The molecule has 0 N–H and O–H groups in total. The number of nitrogens with zero attached hydrogens (tertiary/aromatic N) is 1. The van der Waals surface area contributed by atoms with Crippen LogP contribution in [0.15, 0.2) is 39.7 Å². The number of rotatable bonds is 4. The van der Waals surface area contributed by atoms with E-state index in [-0.39, 0.29) is 4.91 Å². The highest BCUT2D eigenvalue weighted by Crippen LogP contribution is 2.35. The van der Waals surface area contributed by atoms with Gasteiger partial charge in [0.2, 0.25) is 0 Å². The summed E-state index contributed by atoms with van der Waals surface area (Å²) < 4.78 is 10.4. The van der Waals surface area contributed by atoms with Crippen LogP contribution in [0.4, 0.5) is 4.79 Å². The summed E-state index contributed by atoms with van der Waals surface area (Å²) >= 11 is 6.80. The molecule has 3 rings (SSSR count). The molecule has 1 unspecified atom stereocenters. The van der Waals surface area contributed by atoms with Gasteiger partial charge < -0.3 is 9.15 Å². The van der Waals surface area contributed by atoms with E-state index in [1.54, 1.807) is 24.3 Å². The van der Waals surface area contributed by atoms with Gasteiger partial charge in [0.05, 0.1) is 12.0 Å². The number of methoxy groups -OCH3 is 1. The first-order chi connectivity index (χ1) is 12.8. The average molecular weight is 406 g/mol. The number of benzene rings is 1. The van der Waals surface area contributed by atoms with Gasteiger partial charge in [0.25, 0.3) is 11.1 Å². The number of esters is 1. The Morgan fingerprint density at radius 1 is 1.30 bits per heavy atom. The molecule has 2 amide bonds. The number of thioether (sulfide) groups is 1. The molecule has 0 saturated carbocycles. The molecule has 140 valence electrons. The fourth-order valence-corrected chi connectivity index (χ4v) is 3.71. The van der Waals surface area contributed by atoms with Crippen molar-refractivity contribution in [1.82, 2.24) is 4.90 Å². The molecule has 1 aliphatic rings. The van der Waals surface area contributed by atoms with Gasteiger partial charge in [-0.05, 0) is 55.4 Å². The molecule has 1 atom stereocenters. The molecule has 0 aliphatic carbocycles. The van der Waals surface area contributed by atoms with Crippen molar-refractivity contribution in [1.29, 1.82) is 0 Å². The molecule has 27 heavy (non-hydrogen) atoms. The first-order valence-electron chi connectivity index (χ1n) is 8.03. The number of ether oxygens (including phenoxy) is 1. The smallest absolute Gasteiger partial charge is 0.328 e. The minimum absolute atomic E-state index is 0.180. The van der Waals surface area contributed by atoms with Gasteiger partial charge in [-0.2, -0.15) is 0 Å². The molecule has 1 aliphatic heterocycles. The van der Waals surface area contributed by atoms with Crippen molar-refractivity contribution in [2.75, 3.05) is 7.11 Å². The lowest BCUT2D eigenvalue weighted by atomic mass is 10.1. The zero-order chi connectivity index (χ0) is 19.7. The highest BCUT2D eigenvalue weighted by molar-refractivity contribution is 8.18. The van der Waals surface area contributed by atoms with Gasteiger partial charge in [-0.15, -0.1) is 0 Å². The van der Waals surface area contributed by atoms with Crippen LogP contribution in [0.3, 0.4) is 0 Å². The zero-order valence-electron chi connectivity index (χ0n) is 14.8. The van der Waals surface area contributed by atoms with E-state index in [0.29, 0.717) is 16.5 Å². The van der Waals surface area contributed by atoms with E-state index in [9.17, 15) is 14.4 Å². The third kappa shape index (κ3) is 3.79. The Balaban J connectivity index is 1.87. The predicted molar refractivity (Wildman–Crippen MR) is 103 cm³/mol. The Morgan fingerprint density at radius 3 is 2.74 bits per heavy atom. The van der Waals surface area contributed by atoms with Gasteiger partial charge in [-0.1, -0.05) is 17.7 Å². The zero-order valence-corrected chi connectivity index (χ0v) is 16.4. The van der Waals surface area contributed by atoms with Crippen molar-refractivity contribution in [3.8, 4) is 11.3 Å². The van der Waals surface area contributed by atoms with Crippen LogP contribution in [0.5, 0.6) is 0 Å². The Labute approximate surface area is 165 Å². The van der Waals surface area contributed by atoms with Gasteiger partial charge in [-0.3, -0.25) is 14.5 Å². The van der Waals surface area contributed by atoms with Gasteiger partial charge in [0.15, 0.2) is 0 Å². The molecule has 1 aromatic heterocycles. The lowest BCUT2D eigenvalue weighted by Crippen LogP contribution is -2.42. The van der Waals surface area contributed by atoms with Crippen LogP contribution >= 0.6 is 23.4 Å². The molecular weight excluding hydrogens is 390 g/mol. The maximum atomic E-state index is 12.5. The van der Waals surface area contributed by atoms with Crippen molar-refractivity contribution < 1.29 is 23.5 Å². The first kappa shape index (κ1) is 19.3. The van der Waals surface area contributed by atoms with E-state index >= 15 is 0 Å². The minimum atomic E-state index is -0.991. The predicted octanol–water partition coefficient (Wildman–Crippen LogP) is 4.51. The van der Waals surface area contributed by atoms with Gasteiger partial charge in [-0.25, -0.2) is 4.79 Å². The van der Waals surface area contributed by atoms with Crippen LogP contribution in [-0.2, 0) is 14.3 Å². The number of aryl methyl sites for hydroxylation is 1. The van der Waals surface area contributed by atoms with Crippen molar-refractivity contribution in [3.63, 3.8) is 0 Å². The number of hydrogen-bond donors (Lipinski definition) is 0. The number of furan rings is 1. The summed E-state index contributed by atoms with van der Waals surface area (Å²) in [6.07, 6.45) is 1.48. The monoisotopic (exact) mass is 405 g/mol. The van der Waals surface area contributed by atoms with E-state index < -0.39 is 23.2 Å². The number of carbonyl (C=O) groups is 3. The van der Waals surface area contributed by atoms with Crippen molar-refractivity contribution in [2.24, 2.45) is 0 Å². The van der Waals surface area contributed by atoms with Crippen molar-refractivity contribution >= 4 is 46.6 Å². The second-order valence-corrected chi connectivity index (χ2v) is 7.34. The number of carbonyl (C=O) groups excluding carboxylic acids is 3. The van der Waals surface area contributed by atoms with Crippen LogP contribution in [0.25, 0.3) is 17.4 Å². The molecule has 0 radical (unpaired) electrons. The Kier molecular flexibility index (Phi) is 5.43. The quantitative estimate of drug-likeness (QED) is 0.550. The lowest BCUT2D eigenvalue weighted by molar-refractivity contribution is -0.148. The summed E-state index contributed by atoms with van der Waals surface area (Å²) in [5, 5.41) is 0.0630. The lowest BCUT2D eigenvalue weighted by Gasteiger charge is -2.18. The summed E-state index contributed by atoms with van der Waals surface area (Å²) in [6.45, 7) is 3.38. The van der Waals surface area contributed by atoms with E-state index in [4.69, 9.17) is 16.0 Å². The van der Waals surface area contributed by atoms with Gasteiger partial charge in [0.1, 0.15) is 17.6 Å². The topological polar surface area (TPSA) is 76.8 Å². The maximum absolute atomic E-state index is 12.5. The molecule has 6 nitrogen and oxygen atoms in total. The molecule has 1 saturated heterocycles. The van der Waals surface area contributed by atoms with Crippen molar-refractivity contribution in [2.45, 2.75) is 19.9 Å². The largest absolute Gasteiger partial charge is 0.467 e. The van der Waals surface area contributed by atoms with E-state index in [1.807, 2.05) is 13.0 Å². The van der Waals surface area contributed by atoms with Gasteiger partial charge in [0, 0.05) is 16.7 Å². The van der Waals surface area contributed by atoms with E-state index in [2.05, 4.69) is 4.74 Å². The second kappa shape index (κ2) is 7.62. The molecule has 1 fully saturated rings. The summed E-state index contributed by atoms with van der Waals surface area (Å²) in [6, 6.07) is 7.96. The van der Waals surface area contributed by atoms with E-state index in [0.717, 1.165) is 27.8 Å². The SMILES string of the molecule is COC(=O)C(C)N1C(=O)S/C(=C/c2ccc(-c3cc(Cl)ccc3C)o2)C1=O. The van der Waals surface area contributed by atoms with Crippen molar-refractivity contribution in [3.05, 3.63) is 51.6 Å². The summed E-state index contributed by atoms with van der Waals surface area (Å²) in [4.78, 5) is 37.3. The van der Waals surface area contributed by atoms with Crippen LogP contribution in [0, 0.1) is 6.92 Å². The van der Waals surface area contributed by atoms with E-state index in [1.165, 1.54) is 20.1 Å². The summed E-state index contributed by atoms with van der Waals surface area (Å²) in [7, 11) is 1.20. The second-order valence-electron chi connectivity index (χ2n) is 5.91. The highest BCUT2D eigenvalue weighted by atomic mass is 35.5. The van der Waals surface area contributed by atoms with Crippen LogP contribution < -0.4 is 0 Å². The molecule has 0 bridgehead atoms. The fourth-order valence-electron chi connectivity index (χ4n) is 2.65. The maximum Gasteiger partial charge on any atom is 0.328 e.